The van der Waals surface area contributed by atoms with Crippen LogP contribution in [0, 0.1) is 12.3 Å². The lowest BCUT2D eigenvalue weighted by molar-refractivity contribution is 0.0497. The lowest BCUT2D eigenvalue weighted by atomic mass is 9.93. The van der Waals surface area contributed by atoms with Crippen LogP contribution in [0.2, 0.25) is 0 Å². The molecular formula is C75H112O8. The number of hydrogen-bond acceptors (Lipinski definition) is 8. The Morgan fingerprint density at radius 1 is 0.301 bits per heavy atom. The number of carbonyl (C=O) groups excluding carboxylic acids is 1. The molecule has 0 saturated carbocycles. The Bertz CT molecular complexity index is 2500. The predicted molar refractivity (Wildman–Crippen MR) is 351 cm³/mol. The lowest BCUT2D eigenvalue weighted by Crippen LogP contribution is -2.06. The van der Waals surface area contributed by atoms with Crippen LogP contribution in [0.5, 0.6) is 34.5 Å². The van der Waals surface area contributed by atoms with Crippen molar-refractivity contribution in [2.75, 3.05) is 46.2 Å². The molecule has 8 nitrogen and oxygen atoms in total. The van der Waals surface area contributed by atoms with E-state index in [0.717, 1.165) is 175 Å². The zero-order valence-corrected chi connectivity index (χ0v) is 53.0. The normalized spacial score (nSPS) is 11.4. The maximum absolute atomic E-state index is 12.6. The van der Waals surface area contributed by atoms with Gasteiger partial charge in [-0.2, -0.15) is 0 Å². The van der Waals surface area contributed by atoms with E-state index in [9.17, 15) is 4.79 Å². The number of benzene rings is 5. The number of hydrogen-bond donors (Lipinski definition) is 0. The predicted octanol–water partition coefficient (Wildman–Crippen LogP) is 22.4. The lowest BCUT2D eigenvalue weighted by Gasteiger charge is -2.21. The summed E-state index contributed by atoms with van der Waals surface area (Å²) in [5.41, 5.74) is 1.27. The van der Waals surface area contributed by atoms with Gasteiger partial charge in [-0.25, -0.2) is 4.79 Å². The van der Waals surface area contributed by atoms with Crippen molar-refractivity contribution in [3.63, 3.8) is 0 Å². The molecule has 0 heterocycles. The van der Waals surface area contributed by atoms with Crippen LogP contribution >= 0.6 is 0 Å². The van der Waals surface area contributed by atoms with Crippen molar-refractivity contribution in [1.82, 2.24) is 0 Å². The first kappa shape index (κ1) is 68.5. The van der Waals surface area contributed by atoms with Crippen molar-refractivity contribution in [3.8, 4) is 46.8 Å². The molecule has 0 fully saturated rings. The Labute approximate surface area is 504 Å². The first-order chi connectivity index (χ1) is 41.0. The molecule has 5 aromatic rings. The molecular weight excluding hydrogens is 1030 g/mol. The minimum Gasteiger partial charge on any atom is -0.490 e. The topological polar surface area (TPSA) is 81.7 Å². The van der Waals surface area contributed by atoms with Gasteiger partial charge in [0, 0.05) is 5.56 Å². The number of rotatable bonds is 51. The second-order valence-corrected chi connectivity index (χ2v) is 23.4. The van der Waals surface area contributed by atoms with Crippen LogP contribution in [0.4, 0.5) is 0 Å². The molecule has 83 heavy (non-hydrogen) atoms. The molecule has 5 rings (SSSR count). The zero-order chi connectivity index (χ0) is 58.8. The van der Waals surface area contributed by atoms with E-state index in [4.69, 9.17) is 39.6 Å². The Hall–Kier alpha value is -5.29. The van der Waals surface area contributed by atoms with Gasteiger partial charge >= 0.3 is 5.97 Å². The van der Waals surface area contributed by atoms with Crippen LogP contribution in [-0.2, 0) is 4.74 Å². The number of ether oxygens (including phenoxy) is 7. The first-order valence-electron chi connectivity index (χ1n) is 34.0. The first-order valence-corrected chi connectivity index (χ1v) is 34.0. The molecule has 8 heteroatoms. The molecule has 0 aromatic heterocycles. The molecule has 0 N–H and O–H groups in total. The summed E-state index contributed by atoms with van der Waals surface area (Å²) < 4.78 is 46.5. The standard InChI is InChI=1S/C75H112O8/c1-7-13-18-23-30-37-48-77-69-55-63-64-56-70(78-49-38-31-24-19-14-8-2)72(80-51-40-33-26-21-16-10-4)58-66(64)68-60-74(82-53-42-35-28-29-36-43-54-83-75(76)62-46-44-61(12-6)45-47-62)73(81-52-41-34-27-22-17-11-5)59-67(68)65(63)57-71(69)79-50-39-32-25-20-15-9-3/h6,44-47,55-60H,7-11,13-43,48-54H2,1-5H3. The number of fused-ring (bicyclic) bond motifs is 6. The van der Waals surface area contributed by atoms with E-state index in [1.807, 2.05) is 0 Å². The molecule has 460 valence electrons. The highest BCUT2D eigenvalue weighted by molar-refractivity contribution is 6.27. The van der Waals surface area contributed by atoms with E-state index in [2.05, 4.69) is 76.9 Å². The SMILES string of the molecule is C#Cc1ccc(C(=O)OCCCCCCCCOc2cc3c4cc(OCCCCCCCC)c(OCCCCCCCC)cc4c4cc(OCCCCCCCC)c(OCCCCCCCC)cc4c3cc2OCCCCCCCC)cc1. The van der Waals surface area contributed by atoms with Crippen LogP contribution in [0.3, 0.4) is 0 Å². The third-order valence-corrected chi connectivity index (χ3v) is 16.2. The highest BCUT2D eigenvalue weighted by Crippen LogP contribution is 2.47. The third kappa shape index (κ3) is 25.8. The average molecular weight is 1140 g/mol. The van der Waals surface area contributed by atoms with Crippen LogP contribution in [0.1, 0.15) is 282 Å². The quantitative estimate of drug-likeness (QED) is 0.0165. The van der Waals surface area contributed by atoms with Crippen molar-refractivity contribution in [1.29, 1.82) is 0 Å². The fraction of sp³-hybridized carbons (Fsp3) is 0.640. The second kappa shape index (κ2) is 43.4. The van der Waals surface area contributed by atoms with Gasteiger partial charge in [0.15, 0.2) is 34.5 Å². The average Bonchev–Trinajstić information content (AvgIpc) is 3.70. The molecule has 0 aliphatic heterocycles. The maximum Gasteiger partial charge on any atom is 0.338 e. The van der Waals surface area contributed by atoms with Crippen molar-refractivity contribution in [2.24, 2.45) is 0 Å². The van der Waals surface area contributed by atoms with Gasteiger partial charge in [-0.3, -0.25) is 0 Å². The summed E-state index contributed by atoms with van der Waals surface area (Å²) in [5, 5.41) is 6.59. The summed E-state index contributed by atoms with van der Waals surface area (Å²) in [6.45, 7) is 15.6. The molecule has 0 unspecified atom stereocenters. The van der Waals surface area contributed by atoms with Crippen LogP contribution in [-0.4, -0.2) is 52.2 Å². The van der Waals surface area contributed by atoms with E-state index in [1.165, 1.54) is 128 Å². The summed E-state index contributed by atoms with van der Waals surface area (Å²) in [5.74, 6) is 7.06. The minimum absolute atomic E-state index is 0.304. The number of unbranched alkanes of at least 4 members (excludes halogenated alkanes) is 30. The summed E-state index contributed by atoms with van der Waals surface area (Å²) >= 11 is 0. The Kier molecular flexibility index (Phi) is 35.8. The highest BCUT2D eigenvalue weighted by atomic mass is 16.5. The summed E-state index contributed by atoms with van der Waals surface area (Å²) in [6, 6.07) is 20.5. The van der Waals surface area contributed by atoms with Crippen molar-refractivity contribution in [2.45, 2.75) is 266 Å². The summed E-state index contributed by atoms with van der Waals surface area (Å²) in [6.07, 6.45) is 47.4. The minimum atomic E-state index is -0.304. The molecule has 0 atom stereocenters. The third-order valence-electron chi connectivity index (χ3n) is 16.2. The molecule has 0 aliphatic carbocycles. The fourth-order valence-electron chi connectivity index (χ4n) is 11.1. The van der Waals surface area contributed by atoms with Crippen molar-refractivity contribution < 1.29 is 38.0 Å². The van der Waals surface area contributed by atoms with Gasteiger partial charge < -0.3 is 33.2 Å². The van der Waals surface area contributed by atoms with Crippen molar-refractivity contribution >= 4 is 38.3 Å². The second-order valence-electron chi connectivity index (χ2n) is 23.4. The number of carbonyl (C=O) groups is 1. The van der Waals surface area contributed by atoms with Gasteiger partial charge in [-0.15, -0.1) is 6.42 Å². The summed E-state index contributed by atoms with van der Waals surface area (Å²) in [4.78, 5) is 12.6. The van der Waals surface area contributed by atoms with Crippen molar-refractivity contribution in [3.05, 3.63) is 71.8 Å². The van der Waals surface area contributed by atoms with E-state index in [0.29, 0.717) is 51.8 Å². The van der Waals surface area contributed by atoms with Crippen LogP contribution in [0.15, 0.2) is 60.7 Å². The van der Waals surface area contributed by atoms with Gasteiger partial charge in [-0.05, 0) is 138 Å². The Morgan fingerprint density at radius 3 is 0.723 bits per heavy atom. The number of esters is 1. The monoisotopic (exact) mass is 1140 g/mol. The van der Waals surface area contributed by atoms with Crippen LogP contribution < -0.4 is 28.4 Å². The molecule has 0 spiro atoms. The van der Waals surface area contributed by atoms with Gasteiger partial charge in [-0.1, -0.05) is 227 Å². The number of terminal acetylenes is 1. The van der Waals surface area contributed by atoms with Gasteiger partial charge in [0.2, 0.25) is 0 Å². The zero-order valence-electron chi connectivity index (χ0n) is 53.0. The maximum atomic E-state index is 12.6. The van der Waals surface area contributed by atoms with Gasteiger partial charge in [0.25, 0.3) is 0 Å². The largest absolute Gasteiger partial charge is 0.490 e. The van der Waals surface area contributed by atoms with E-state index in [-0.39, 0.29) is 5.97 Å². The fourth-order valence-corrected chi connectivity index (χ4v) is 11.1. The smallest absolute Gasteiger partial charge is 0.338 e. The molecule has 5 aromatic carbocycles. The van der Waals surface area contributed by atoms with Crippen LogP contribution in [0.25, 0.3) is 32.3 Å². The molecule has 0 radical (unpaired) electrons. The van der Waals surface area contributed by atoms with Gasteiger partial charge in [0.05, 0.1) is 51.8 Å². The van der Waals surface area contributed by atoms with Gasteiger partial charge in [0.1, 0.15) is 0 Å². The summed E-state index contributed by atoms with van der Waals surface area (Å²) in [7, 11) is 0. The molecule has 0 amide bonds. The molecule has 0 bridgehead atoms. The molecule has 0 aliphatic rings. The van der Waals surface area contributed by atoms with E-state index < -0.39 is 0 Å². The van der Waals surface area contributed by atoms with E-state index in [1.54, 1.807) is 24.3 Å². The Balaban J connectivity index is 1.51. The van der Waals surface area contributed by atoms with E-state index >= 15 is 0 Å². The highest BCUT2D eigenvalue weighted by Gasteiger charge is 2.21. The molecule has 0 saturated heterocycles. The Morgan fingerprint density at radius 2 is 0.506 bits per heavy atom.